The summed E-state index contributed by atoms with van der Waals surface area (Å²) < 4.78 is 30.5. The molecule has 5 heteroatoms. The first-order chi connectivity index (χ1) is 9.26. The quantitative estimate of drug-likeness (QED) is 0.886. The zero-order chi connectivity index (χ0) is 14.9. The van der Waals surface area contributed by atoms with Gasteiger partial charge >= 0.3 is 6.09 Å². The number of halogens is 2. The van der Waals surface area contributed by atoms with Crippen LogP contribution in [0.5, 0.6) is 0 Å². The summed E-state index contributed by atoms with van der Waals surface area (Å²) in [4.78, 5) is 11.7. The zero-order valence-corrected chi connectivity index (χ0v) is 11.9. The van der Waals surface area contributed by atoms with Crippen molar-refractivity contribution in [1.29, 1.82) is 0 Å². The van der Waals surface area contributed by atoms with Gasteiger partial charge in [-0.1, -0.05) is 12.1 Å². The van der Waals surface area contributed by atoms with Crippen LogP contribution in [0.2, 0.25) is 0 Å². The second kappa shape index (κ2) is 5.38. The lowest BCUT2D eigenvalue weighted by Crippen LogP contribution is -2.34. The van der Waals surface area contributed by atoms with Gasteiger partial charge < -0.3 is 10.1 Å². The predicted molar refractivity (Wildman–Crippen MR) is 71.8 cm³/mol. The van der Waals surface area contributed by atoms with Crippen LogP contribution in [0.1, 0.15) is 56.3 Å². The molecule has 0 radical (unpaired) electrons. The van der Waals surface area contributed by atoms with Gasteiger partial charge in [0.15, 0.2) is 0 Å². The van der Waals surface area contributed by atoms with Gasteiger partial charge in [0, 0.05) is 5.56 Å². The maximum atomic E-state index is 12.6. The Kier molecular flexibility index (Phi) is 3.97. The molecule has 1 aromatic rings. The summed E-state index contributed by atoms with van der Waals surface area (Å²) in [5.74, 6) is 0. The molecule has 0 fully saturated rings. The molecule has 2 rings (SSSR count). The molecule has 0 saturated heterocycles. The minimum absolute atomic E-state index is 0.0293. The fraction of sp³-hybridized carbons (Fsp3) is 0.533. The Morgan fingerprint density at radius 1 is 1.40 bits per heavy atom. The Morgan fingerprint density at radius 2 is 2.10 bits per heavy atom. The Bertz CT molecular complexity index is 509. The highest BCUT2D eigenvalue weighted by atomic mass is 19.3. The molecule has 1 N–H and O–H groups in total. The van der Waals surface area contributed by atoms with E-state index in [2.05, 4.69) is 5.32 Å². The molecule has 110 valence electrons. The molecule has 20 heavy (non-hydrogen) atoms. The van der Waals surface area contributed by atoms with Crippen molar-refractivity contribution in [1.82, 2.24) is 5.32 Å². The summed E-state index contributed by atoms with van der Waals surface area (Å²) in [6.45, 7) is 5.39. The van der Waals surface area contributed by atoms with E-state index in [1.54, 1.807) is 26.8 Å². The highest BCUT2D eigenvalue weighted by Crippen LogP contribution is 2.34. The third kappa shape index (κ3) is 3.46. The van der Waals surface area contributed by atoms with Crippen LogP contribution in [-0.2, 0) is 11.2 Å². The molecule has 0 bridgehead atoms. The number of carbonyl (C=O) groups excluding carboxylic acids is 1. The molecule has 3 nitrogen and oxygen atoms in total. The maximum Gasteiger partial charge on any atom is 0.408 e. The molecule has 1 aliphatic carbocycles. The minimum Gasteiger partial charge on any atom is -0.444 e. The Morgan fingerprint density at radius 3 is 2.70 bits per heavy atom. The highest BCUT2D eigenvalue weighted by molar-refractivity contribution is 5.68. The normalized spacial score (nSPS) is 18.0. The SMILES string of the molecule is CC(C)(C)OC(=O)N[C@@H]1CCc2cc(C(F)F)ccc21. The van der Waals surface area contributed by atoms with Gasteiger partial charge in [0.2, 0.25) is 0 Å². The summed E-state index contributed by atoms with van der Waals surface area (Å²) in [5.41, 5.74) is 1.26. The Labute approximate surface area is 117 Å². The fourth-order valence-corrected chi connectivity index (χ4v) is 2.37. The molecule has 1 aliphatic rings. The van der Waals surface area contributed by atoms with E-state index >= 15 is 0 Å². The van der Waals surface area contributed by atoms with Gasteiger partial charge in [-0.3, -0.25) is 0 Å². The van der Waals surface area contributed by atoms with Crippen LogP contribution in [0.15, 0.2) is 18.2 Å². The number of amides is 1. The lowest BCUT2D eigenvalue weighted by atomic mass is 10.1. The van der Waals surface area contributed by atoms with E-state index in [0.29, 0.717) is 12.8 Å². The smallest absolute Gasteiger partial charge is 0.408 e. The van der Waals surface area contributed by atoms with E-state index in [0.717, 1.165) is 11.1 Å². The van der Waals surface area contributed by atoms with Crippen molar-refractivity contribution in [3.05, 3.63) is 34.9 Å². The number of ether oxygens (including phenoxy) is 1. The van der Waals surface area contributed by atoms with Crippen molar-refractivity contribution in [3.8, 4) is 0 Å². The standard InChI is InChI=1S/C15H19F2NO2/c1-15(2,3)20-14(19)18-12-7-5-9-8-10(13(16)17)4-6-11(9)12/h4,6,8,12-13H,5,7H2,1-3H3,(H,18,19)/t12-/m1/s1. The molecule has 0 heterocycles. The first-order valence-corrected chi connectivity index (χ1v) is 6.66. The number of nitrogens with one attached hydrogen (secondary N) is 1. The van der Waals surface area contributed by atoms with Gasteiger partial charge in [0.05, 0.1) is 6.04 Å². The van der Waals surface area contributed by atoms with Crippen molar-refractivity contribution in [2.24, 2.45) is 0 Å². The second-order valence-electron chi connectivity index (χ2n) is 6.00. The molecular formula is C15H19F2NO2. The van der Waals surface area contributed by atoms with Crippen molar-refractivity contribution in [2.75, 3.05) is 0 Å². The third-order valence-electron chi connectivity index (χ3n) is 3.19. The third-order valence-corrected chi connectivity index (χ3v) is 3.19. The van der Waals surface area contributed by atoms with Crippen molar-refractivity contribution in [2.45, 2.75) is 51.7 Å². The van der Waals surface area contributed by atoms with Crippen molar-refractivity contribution < 1.29 is 18.3 Å². The summed E-state index contributed by atoms with van der Waals surface area (Å²) in [7, 11) is 0. The summed E-state index contributed by atoms with van der Waals surface area (Å²) >= 11 is 0. The van der Waals surface area contributed by atoms with Crippen LogP contribution >= 0.6 is 0 Å². The number of benzene rings is 1. The lowest BCUT2D eigenvalue weighted by Gasteiger charge is -2.22. The topological polar surface area (TPSA) is 38.3 Å². The van der Waals surface area contributed by atoms with Crippen LogP contribution in [0.25, 0.3) is 0 Å². The molecule has 0 aliphatic heterocycles. The number of carbonyl (C=O) groups is 1. The number of aryl methyl sites for hydroxylation is 1. The maximum absolute atomic E-state index is 12.6. The fourth-order valence-electron chi connectivity index (χ4n) is 2.37. The number of hydrogen-bond donors (Lipinski definition) is 1. The van der Waals surface area contributed by atoms with E-state index < -0.39 is 18.1 Å². The van der Waals surface area contributed by atoms with E-state index in [-0.39, 0.29) is 11.6 Å². The minimum atomic E-state index is -2.46. The number of hydrogen-bond acceptors (Lipinski definition) is 2. The Balaban J connectivity index is 2.07. The monoisotopic (exact) mass is 283 g/mol. The first kappa shape index (κ1) is 14.8. The van der Waals surface area contributed by atoms with Crippen molar-refractivity contribution in [3.63, 3.8) is 0 Å². The number of alkyl carbamates (subject to hydrolysis) is 1. The average molecular weight is 283 g/mol. The molecule has 0 unspecified atom stereocenters. The van der Waals surface area contributed by atoms with E-state index in [9.17, 15) is 13.6 Å². The largest absolute Gasteiger partial charge is 0.444 e. The van der Waals surface area contributed by atoms with Gasteiger partial charge in [-0.2, -0.15) is 0 Å². The molecule has 0 saturated carbocycles. The second-order valence-corrected chi connectivity index (χ2v) is 6.00. The van der Waals surface area contributed by atoms with Crippen LogP contribution in [0.3, 0.4) is 0 Å². The van der Waals surface area contributed by atoms with Crippen molar-refractivity contribution >= 4 is 6.09 Å². The zero-order valence-electron chi connectivity index (χ0n) is 11.9. The summed E-state index contributed by atoms with van der Waals surface area (Å²) in [5, 5.41) is 2.79. The van der Waals surface area contributed by atoms with Gasteiger partial charge in [-0.05, 0) is 50.8 Å². The van der Waals surface area contributed by atoms with E-state index in [1.165, 1.54) is 12.1 Å². The molecule has 1 atom stereocenters. The molecule has 0 spiro atoms. The van der Waals surface area contributed by atoms with E-state index in [4.69, 9.17) is 4.74 Å². The van der Waals surface area contributed by atoms with Gasteiger partial charge in [0.1, 0.15) is 5.60 Å². The Hall–Kier alpha value is -1.65. The van der Waals surface area contributed by atoms with Crippen LogP contribution in [-0.4, -0.2) is 11.7 Å². The van der Waals surface area contributed by atoms with Gasteiger partial charge in [-0.25, -0.2) is 13.6 Å². The predicted octanol–water partition coefficient (Wildman–Crippen LogP) is 4.14. The number of fused-ring (bicyclic) bond motifs is 1. The van der Waals surface area contributed by atoms with E-state index in [1.807, 2.05) is 0 Å². The lowest BCUT2D eigenvalue weighted by molar-refractivity contribution is 0.0503. The average Bonchev–Trinajstić information content (AvgIpc) is 2.69. The number of rotatable bonds is 2. The van der Waals surface area contributed by atoms with Gasteiger partial charge in [0.25, 0.3) is 6.43 Å². The first-order valence-electron chi connectivity index (χ1n) is 6.66. The van der Waals surface area contributed by atoms with Crippen LogP contribution < -0.4 is 5.32 Å². The molecule has 1 aromatic carbocycles. The highest BCUT2D eigenvalue weighted by Gasteiger charge is 2.27. The summed E-state index contributed by atoms with van der Waals surface area (Å²) in [6, 6.07) is 4.45. The molecular weight excluding hydrogens is 264 g/mol. The van der Waals surface area contributed by atoms with Crippen LogP contribution in [0.4, 0.5) is 13.6 Å². The molecule has 1 amide bonds. The molecule has 0 aromatic heterocycles. The number of alkyl halides is 2. The van der Waals surface area contributed by atoms with Gasteiger partial charge in [-0.15, -0.1) is 0 Å². The van der Waals surface area contributed by atoms with Crippen LogP contribution in [0, 0.1) is 0 Å². The summed E-state index contributed by atoms with van der Waals surface area (Å²) in [6.07, 6.45) is -1.54.